The summed E-state index contributed by atoms with van der Waals surface area (Å²) in [4.78, 5) is 17.8. The lowest BCUT2D eigenvalue weighted by molar-refractivity contribution is 0.0976. The predicted octanol–water partition coefficient (Wildman–Crippen LogP) is 4.59. The summed E-state index contributed by atoms with van der Waals surface area (Å²) in [7, 11) is 3.17. The molecule has 186 valence electrons. The number of nitrogens with zero attached hydrogens (tertiary/aromatic N) is 3. The molecule has 0 radical (unpaired) electrons. The van der Waals surface area contributed by atoms with Gasteiger partial charge in [0.2, 0.25) is 5.96 Å². The summed E-state index contributed by atoms with van der Waals surface area (Å²) in [6.07, 6.45) is 0.716. The SMILES string of the molecule is CCn1nc(C)c(CCN=C(NC(=O)c2cc(C)cc(C)c2)Nc2ccc(OC)c(OC)c2)c1C. The number of amides is 1. The van der Waals surface area contributed by atoms with E-state index in [1.165, 1.54) is 5.56 Å². The van der Waals surface area contributed by atoms with Crippen molar-refractivity contribution in [3.63, 3.8) is 0 Å². The van der Waals surface area contributed by atoms with Crippen molar-refractivity contribution in [1.82, 2.24) is 15.1 Å². The van der Waals surface area contributed by atoms with E-state index in [1.807, 2.05) is 49.7 Å². The van der Waals surface area contributed by atoms with Crippen LogP contribution in [0.5, 0.6) is 11.5 Å². The zero-order valence-electron chi connectivity index (χ0n) is 21.7. The van der Waals surface area contributed by atoms with Gasteiger partial charge in [0.05, 0.1) is 19.9 Å². The second-order valence-corrected chi connectivity index (χ2v) is 8.47. The van der Waals surface area contributed by atoms with Crippen LogP contribution in [0.2, 0.25) is 0 Å². The van der Waals surface area contributed by atoms with Gasteiger partial charge in [0.1, 0.15) is 0 Å². The molecule has 0 aliphatic carbocycles. The molecular formula is C27H35N5O3. The fraction of sp³-hybridized carbons (Fsp3) is 0.370. The van der Waals surface area contributed by atoms with Gasteiger partial charge in [0.15, 0.2) is 11.5 Å². The molecule has 3 aromatic rings. The quantitative estimate of drug-likeness (QED) is 0.366. The van der Waals surface area contributed by atoms with E-state index < -0.39 is 0 Å². The van der Waals surface area contributed by atoms with Gasteiger partial charge < -0.3 is 14.8 Å². The summed E-state index contributed by atoms with van der Waals surface area (Å²) in [6.45, 7) is 11.4. The number of aromatic nitrogens is 2. The average molecular weight is 478 g/mol. The summed E-state index contributed by atoms with van der Waals surface area (Å²) in [5, 5.41) is 10.8. The smallest absolute Gasteiger partial charge is 0.257 e. The third kappa shape index (κ3) is 6.41. The van der Waals surface area contributed by atoms with Crippen LogP contribution in [-0.4, -0.2) is 42.4 Å². The maximum absolute atomic E-state index is 13.1. The maximum Gasteiger partial charge on any atom is 0.257 e. The summed E-state index contributed by atoms with van der Waals surface area (Å²) in [5.41, 5.74) is 6.69. The summed E-state index contributed by atoms with van der Waals surface area (Å²) in [5.74, 6) is 1.33. The number of carbonyl (C=O) groups is 1. The van der Waals surface area contributed by atoms with Gasteiger partial charge in [-0.1, -0.05) is 17.2 Å². The maximum atomic E-state index is 13.1. The minimum absolute atomic E-state index is 0.227. The largest absolute Gasteiger partial charge is 0.493 e. The first kappa shape index (κ1) is 25.8. The number of carbonyl (C=O) groups excluding carboxylic acids is 1. The predicted molar refractivity (Wildman–Crippen MR) is 140 cm³/mol. The monoisotopic (exact) mass is 477 g/mol. The van der Waals surface area contributed by atoms with Crippen molar-refractivity contribution in [2.75, 3.05) is 26.1 Å². The zero-order chi connectivity index (χ0) is 25.5. The molecule has 0 atom stereocenters. The van der Waals surface area contributed by atoms with E-state index in [1.54, 1.807) is 26.4 Å². The summed E-state index contributed by atoms with van der Waals surface area (Å²) in [6, 6.07) is 11.2. The molecule has 3 rings (SSSR count). The van der Waals surface area contributed by atoms with Crippen molar-refractivity contribution in [3.8, 4) is 11.5 Å². The number of rotatable bonds is 8. The van der Waals surface area contributed by atoms with Crippen molar-refractivity contribution in [3.05, 3.63) is 70.0 Å². The first-order valence-electron chi connectivity index (χ1n) is 11.7. The van der Waals surface area contributed by atoms with Crippen LogP contribution < -0.4 is 20.1 Å². The van der Waals surface area contributed by atoms with Gasteiger partial charge in [-0.25, -0.2) is 0 Å². The third-order valence-electron chi connectivity index (χ3n) is 5.82. The molecule has 0 unspecified atom stereocenters. The van der Waals surface area contributed by atoms with Crippen LogP contribution in [0.3, 0.4) is 0 Å². The van der Waals surface area contributed by atoms with Gasteiger partial charge in [-0.05, 0) is 70.9 Å². The summed E-state index contributed by atoms with van der Waals surface area (Å²) < 4.78 is 12.7. The van der Waals surface area contributed by atoms with Crippen LogP contribution in [0.1, 0.15) is 45.4 Å². The van der Waals surface area contributed by atoms with Crippen LogP contribution in [0.25, 0.3) is 0 Å². The molecule has 1 amide bonds. The van der Waals surface area contributed by atoms with Crippen LogP contribution in [0.4, 0.5) is 5.69 Å². The Hall–Kier alpha value is -3.81. The fourth-order valence-electron chi connectivity index (χ4n) is 4.13. The zero-order valence-corrected chi connectivity index (χ0v) is 21.7. The third-order valence-corrected chi connectivity index (χ3v) is 5.82. The molecule has 1 aromatic heterocycles. The molecule has 0 saturated heterocycles. The van der Waals surface area contributed by atoms with E-state index >= 15 is 0 Å². The number of hydrogen-bond acceptors (Lipinski definition) is 5. The summed E-state index contributed by atoms with van der Waals surface area (Å²) >= 11 is 0. The molecule has 8 heteroatoms. The molecule has 1 heterocycles. The van der Waals surface area contributed by atoms with Gasteiger partial charge in [-0.2, -0.15) is 5.10 Å². The number of methoxy groups -OCH3 is 2. The first-order valence-corrected chi connectivity index (χ1v) is 11.7. The molecule has 0 fully saturated rings. The highest BCUT2D eigenvalue weighted by molar-refractivity contribution is 6.10. The van der Waals surface area contributed by atoms with Crippen molar-refractivity contribution in [1.29, 1.82) is 0 Å². The normalized spacial score (nSPS) is 11.3. The Morgan fingerprint density at radius 3 is 2.29 bits per heavy atom. The van der Waals surface area contributed by atoms with Gasteiger partial charge in [-0.15, -0.1) is 0 Å². The number of ether oxygens (including phenoxy) is 2. The number of aliphatic imine (C=N–C) groups is 1. The second kappa shape index (κ2) is 11.6. The molecule has 8 nitrogen and oxygen atoms in total. The van der Waals surface area contributed by atoms with E-state index in [4.69, 9.17) is 14.5 Å². The fourth-order valence-corrected chi connectivity index (χ4v) is 4.13. The number of aryl methyl sites for hydroxylation is 4. The molecule has 0 aliphatic heterocycles. The highest BCUT2D eigenvalue weighted by Crippen LogP contribution is 2.29. The van der Waals surface area contributed by atoms with Crippen LogP contribution in [0, 0.1) is 27.7 Å². The molecule has 2 aromatic carbocycles. The van der Waals surface area contributed by atoms with Gasteiger partial charge in [0.25, 0.3) is 5.91 Å². The minimum Gasteiger partial charge on any atom is -0.493 e. The molecule has 0 bridgehead atoms. The lowest BCUT2D eigenvalue weighted by Crippen LogP contribution is -2.36. The van der Waals surface area contributed by atoms with E-state index in [-0.39, 0.29) is 5.91 Å². The minimum atomic E-state index is -0.227. The highest BCUT2D eigenvalue weighted by atomic mass is 16.5. The number of nitrogens with one attached hydrogen (secondary N) is 2. The second-order valence-electron chi connectivity index (χ2n) is 8.47. The number of anilines is 1. The number of benzene rings is 2. The van der Waals surface area contributed by atoms with E-state index in [9.17, 15) is 4.79 Å². The standard InChI is InChI=1S/C27H35N5O3/c1-8-32-20(5)23(19(4)31-32)11-12-28-27(29-22-9-10-24(34-6)25(16-22)35-7)30-26(33)21-14-17(2)13-18(3)15-21/h9-10,13-16H,8,11-12H2,1-7H3,(H2,28,29,30,33). The molecule has 0 spiro atoms. The Morgan fingerprint density at radius 1 is 1.00 bits per heavy atom. The van der Waals surface area contributed by atoms with Gasteiger partial charge in [-0.3, -0.25) is 19.8 Å². The first-order chi connectivity index (χ1) is 16.7. The number of hydrogen-bond donors (Lipinski definition) is 2. The Balaban J connectivity index is 1.85. The molecule has 35 heavy (non-hydrogen) atoms. The molecule has 0 aliphatic rings. The lowest BCUT2D eigenvalue weighted by Gasteiger charge is -2.14. The Bertz CT molecular complexity index is 1210. The van der Waals surface area contributed by atoms with Gasteiger partial charge >= 0.3 is 0 Å². The van der Waals surface area contributed by atoms with E-state index in [0.29, 0.717) is 41.7 Å². The van der Waals surface area contributed by atoms with Crippen molar-refractivity contribution in [2.24, 2.45) is 4.99 Å². The molecular weight excluding hydrogens is 442 g/mol. The topological polar surface area (TPSA) is 89.8 Å². The van der Waals surface area contributed by atoms with E-state index in [2.05, 4.69) is 29.6 Å². The molecule has 2 N–H and O–H groups in total. The molecule has 0 saturated carbocycles. The van der Waals surface area contributed by atoms with Crippen molar-refractivity contribution < 1.29 is 14.3 Å². The van der Waals surface area contributed by atoms with Crippen LogP contribution >= 0.6 is 0 Å². The Labute approximate surface area is 207 Å². The van der Waals surface area contributed by atoms with Crippen molar-refractivity contribution >= 4 is 17.6 Å². The van der Waals surface area contributed by atoms with E-state index in [0.717, 1.165) is 29.1 Å². The average Bonchev–Trinajstić information content (AvgIpc) is 3.10. The Kier molecular flexibility index (Phi) is 8.52. The number of guanidine groups is 1. The van der Waals surface area contributed by atoms with Crippen molar-refractivity contribution in [2.45, 2.75) is 47.6 Å². The van der Waals surface area contributed by atoms with Crippen LogP contribution in [-0.2, 0) is 13.0 Å². The Morgan fingerprint density at radius 2 is 1.69 bits per heavy atom. The van der Waals surface area contributed by atoms with Crippen LogP contribution in [0.15, 0.2) is 41.4 Å². The highest BCUT2D eigenvalue weighted by Gasteiger charge is 2.14. The lowest BCUT2D eigenvalue weighted by atomic mass is 10.1. The van der Waals surface area contributed by atoms with Gasteiger partial charge in [0, 0.05) is 36.1 Å².